The Kier molecular flexibility index (Phi) is 3.35. The maximum atomic E-state index is 10.7. The van der Waals surface area contributed by atoms with E-state index in [1.54, 1.807) is 13.2 Å². The summed E-state index contributed by atoms with van der Waals surface area (Å²) in [7, 11) is 2.86. The van der Waals surface area contributed by atoms with E-state index in [-0.39, 0.29) is 0 Å². The predicted octanol–water partition coefficient (Wildman–Crippen LogP) is 1.28. The van der Waals surface area contributed by atoms with E-state index < -0.39 is 5.97 Å². The molecule has 0 aliphatic heterocycles. The molecule has 0 saturated heterocycles. The number of ether oxygens (including phenoxy) is 2. The Labute approximate surface area is 80.3 Å². The van der Waals surface area contributed by atoms with E-state index in [1.165, 1.54) is 18.4 Å². The zero-order chi connectivity index (χ0) is 9.68. The molecule has 68 valence electrons. The van der Waals surface area contributed by atoms with Crippen molar-refractivity contribution in [1.82, 2.24) is 0 Å². The van der Waals surface area contributed by atoms with Crippen LogP contribution in [0.3, 0.4) is 0 Å². The van der Waals surface area contributed by atoms with Gasteiger partial charge in [-0.15, -0.1) is 11.3 Å². The van der Waals surface area contributed by atoms with Crippen LogP contribution in [0.25, 0.3) is 0 Å². The summed E-state index contributed by atoms with van der Waals surface area (Å²) >= 11 is 1.42. The largest absolute Gasteiger partial charge is 0.495 e. The Morgan fingerprint density at radius 3 is 2.92 bits per heavy atom. The van der Waals surface area contributed by atoms with Crippen LogP contribution < -0.4 is 4.74 Å². The molecule has 0 N–H and O–H groups in total. The standard InChI is InChI=1S/C9H8O3S/c1-11-7-5-6-13-8(7)3-4-9(10)12-2/h5-6H,1-2H3. The smallest absolute Gasteiger partial charge is 0.384 e. The fourth-order valence-electron chi connectivity index (χ4n) is 0.708. The van der Waals surface area contributed by atoms with E-state index in [2.05, 4.69) is 16.6 Å². The lowest BCUT2D eigenvalue weighted by atomic mass is 10.4. The van der Waals surface area contributed by atoms with Gasteiger partial charge in [0.15, 0.2) is 0 Å². The lowest BCUT2D eigenvalue weighted by Crippen LogP contribution is -1.94. The van der Waals surface area contributed by atoms with Gasteiger partial charge in [-0.3, -0.25) is 0 Å². The van der Waals surface area contributed by atoms with Gasteiger partial charge in [0.1, 0.15) is 10.6 Å². The molecular formula is C9H8O3S. The van der Waals surface area contributed by atoms with E-state index in [1.807, 2.05) is 5.38 Å². The van der Waals surface area contributed by atoms with Crippen LogP contribution in [0, 0.1) is 11.8 Å². The Balaban J connectivity index is 2.82. The third-order valence-electron chi connectivity index (χ3n) is 1.31. The van der Waals surface area contributed by atoms with Crippen LogP contribution in [-0.4, -0.2) is 20.2 Å². The number of hydrogen-bond donors (Lipinski definition) is 0. The van der Waals surface area contributed by atoms with E-state index in [0.717, 1.165) is 4.88 Å². The molecule has 0 bridgehead atoms. The van der Waals surface area contributed by atoms with Crippen LogP contribution in [0.4, 0.5) is 0 Å². The van der Waals surface area contributed by atoms with Gasteiger partial charge in [0.2, 0.25) is 0 Å². The number of thiophene rings is 1. The Morgan fingerprint density at radius 2 is 2.31 bits per heavy atom. The van der Waals surface area contributed by atoms with E-state index >= 15 is 0 Å². The van der Waals surface area contributed by atoms with Gasteiger partial charge in [-0.1, -0.05) is 0 Å². The monoisotopic (exact) mass is 196 g/mol. The number of methoxy groups -OCH3 is 2. The predicted molar refractivity (Wildman–Crippen MR) is 49.8 cm³/mol. The van der Waals surface area contributed by atoms with Crippen LogP contribution in [0.5, 0.6) is 5.75 Å². The molecule has 0 spiro atoms. The van der Waals surface area contributed by atoms with Crippen molar-refractivity contribution >= 4 is 17.3 Å². The molecule has 1 heterocycles. The SMILES string of the molecule is COC(=O)C#Cc1sccc1OC. The summed E-state index contributed by atoms with van der Waals surface area (Å²) in [4.78, 5) is 11.4. The zero-order valence-corrected chi connectivity index (χ0v) is 8.10. The third kappa shape index (κ3) is 2.49. The second kappa shape index (κ2) is 4.53. The van der Waals surface area contributed by atoms with Gasteiger partial charge in [0.25, 0.3) is 0 Å². The topological polar surface area (TPSA) is 35.5 Å². The number of esters is 1. The molecule has 1 aromatic heterocycles. The molecule has 0 fully saturated rings. The van der Waals surface area contributed by atoms with E-state index in [4.69, 9.17) is 4.74 Å². The van der Waals surface area contributed by atoms with E-state index in [0.29, 0.717) is 5.75 Å². The van der Waals surface area contributed by atoms with E-state index in [9.17, 15) is 4.79 Å². The van der Waals surface area contributed by atoms with Crippen LogP contribution in [0.1, 0.15) is 4.88 Å². The number of rotatable bonds is 1. The van der Waals surface area contributed by atoms with Crippen molar-refractivity contribution in [2.45, 2.75) is 0 Å². The van der Waals surface area contributed by atoms with Gasteiger partial charge in [0.05, 0.1) is 14.2 Å². The van der Waals surface area contributed by atoms with Gasteiger partial charge in [0, 0.05) is 5.92 Å². The first-order valence-corrected chi connectivity index (χ1v) is 4.37. The molecule has 0 saturated carbocycles. The van der Waals surface area contributed by atoms with Gasteiger partial charge >= 0.3 is 5.97 Å². The number of carbonyl (C=O) groups is 1. The maximum Gasteiger partial charge on any atom is 0.384 e. The number of hydrogen-bond acceptors (Lipinski definition) is 4. The molecule has 0 aliphatic rings. The summed E-state index contributed by atoms with van der Waals surface area (Å²) in [5.74, 6) is 5.13. The van der Waals surface area contributed by atoms with Crippen molar-refractivity contribution in [3.05, 3.63) is 16.3 Å². The van der Waals surface area contributed by atoms with Crippen molar-refractivity contribution in [2.24, 2.45) is 0 Å². The molecule has 0 unspecified atom stereocenters. The summed E-state index contributed by atoms with van der Waals surface area (Å²) < 4.78 is 9.38. The quantitative estimate of drug-likeness (QED) is 0.501. The molecule has 0 radical (unpaired) electrons. The van der Waals surface area contributed by atoms with Crippen LogP contribution in [-0.2, 0) is 9.53 Å². The molecule has 13 heavy (non-hydrogen) atoms. The summed E-state index contributed by atoms with van der Waals surface area (Å²) in [5, 5.41) is 1.85. The minimum atomic E-state index is -0.546. The molecule has 0 aliphatic carbocycles. The van der Waals surface area contributed by atoms with Crippen molar-refractivity contribution in [3.8, 4) is 17.6 Å². The molecule has 1 aromatic rings. The van der Waals surface area contributed by atoms with Crippen LogP contribution >= 0.6 is 11.3 Å². The highest BCUT2D eigenvalue weighted by Crippen LogP contribution is 2.22. The van der Waals surface area contributed by atoms with Gasteiger partial charge < -0.3 is 9.47 Å². The van der Waals surface area contributed by atoms with Crippen molar-refractivity contribution < 1.29 is 14.3 Å². The fraction of sp³-hybridized carbons (Fsp3) is 0.222. The second-order valence-corrected chi connectivity index (χ2v) is 2.98. The number of carbonyl (C=O) groups excluding carboxylic acids is 1. The third-order valence-corrected chi connectivity index (χ3v) is 2.12. The fourth-order valence-corrected chi connectivity index (χ4v) is 1.41. The molecule has 0 atom stereocenters. The van der Waals surface area contributed by atoms with Crippen molar-refractivity contribution in [3.63, 3.8) is 0 Å². The highest BCUT2D eigenvalue weighted by atomic mass is 32.1. The summed E-state index contributed by atoms with van der Waals surface area (Å²) in [6.45, 7) is 0. The first kappa shape index (κ1) is 9.62. The molecule has 1 rings (SSSR count). The van der Waals surface area contributed by atoms with Gasteiger partial charge in [-0.2, -0.15) is 0 Å². The first-order chi connectivity index (χ1) is 6.27. The average molecular weight is 196 g/mol. The molecular weight excluding hydrogens is 188 g/mol. The van der Waals surface area contributed by atoms with Gasteiger partial charge in [-0.05, 0) is 17.4 Å². The molecule has 0 aromatic carbocycles. The normalized spacial score (nSPS) is 8.46. The molecule has 4 heteroatoms. The minimum Gasteiger partial charge on any atom is -0.495 e. The summed E-state index contributed by atoms with van der Waals surface area (Å²) in [6, 6.07) is 1.80. The van der Waals surface area contributed by atoms with Crippen molar-refractivity contribution in [2.75, 3.05) is 14.2 Å². The Hall–Kier alpha value is -1.47. The maximum absolute atomic E-state index is 10.7. The highest BCUT2D eigenvalue weighted by molar-refractivity contribution is 7.10. The van der Waals surface area contributed by atoms with Gasteiger partial charge in [-0.25, -0.2) is 4.79 Å². The van der Waals surface area contributed by atoms with Crippen LogP contribution in [0.2, 0.25) is 0 Å². The summed E-state index contributed by atoms with van der Waals surface area (Å²) in [5.41, 5.74) is 0. The van der Waals surface area contributed by atoms with Crippen molar-refractivity contribution in [1.29, 1.82) is 0 Å². The highest BCUT2D eigenvalue weighted by Gasteiger charge is 2.00. The molecule has 3 nitrogen and oxygen atoms in total. The zero-order valence-electron chi connectivity index (χ0n) is 7.29. The lowest BCUT2D eigenvalue weighted by Gasteiger charge is -1.93. The minimum absolute atomic E-state index is 0.546. The second-order valence-electron chi connectivity index (χ2n) is 2.06. The van der Waals surface area contributed by atoms with Crippen LogP contribution in [0.15, 0.2) is 11.4 Å². The summed E-state index contributed by atoms with van der Waals surface area (Å²) in [6.07, 6.45) is 0. The lowest BCUT2D eigenvalue weighted by molar-refractivity contribution is -0.133. The Morgan fingerprint density at radius 1 is 1.54 bits per heavy atom. The Bertz CT molecular complexity index is 356. The molecule has 0 amide bonds. The average Bonchev–Trinajstić information content (AvgIpc) is 2.61. The first-order valence-electron chi connectivity index (χ1n) is 3.49.